The Labute approximate surface area is 129 Å². The molecule has 1 N–H and O–H groups in total. The van der Waals surface area contributed by atoms with Gasteiger partial charge in [0.05, 0.1) is 12.2 Å². The predicted molar refractivity (Wildman–Crippen MR) is 76.7 cm³/mol. The van der Waals surface area contributed by atoms with Crippen molar-refractivity contribution in [3.63, 3.8) is 0 Å². The van der Waals surface area contributed by atoms with Gasteiger partial charge in [0.2, 0.25) is 0 Å². The van der Waals surface area contributed by atoms with E-state index >= 15 is 0 Å². The fourth-order valence-electron chi connectivity index (χ4n) is 2.60. The predicted octanol–water partition coefficient (Wildman–Crippen LogP) is 4.04. The summed E-state index contributed by atoms with van der Waals surface area (Å²) in [4.78, 5) is 1.97. The number of hydrogen-bond acceptors (Lipinski definition) is 4. The van der Waals surface area contributed by atoms with Gasteiger partial charge in [-0.25, -0.2) is 4.68 Å². The van der Waals surface area contributed by atoms with Crippen LogP contribution >= 0.6 is 11.3 Å². The molecule has 2 atom stereocenters. The molecule has 0 bridgehead atoms. The number of aromatic nitrogens is 2. The second-order valence-corrected chi connectivity index (χ2v) is 6.31. The highest BCUT2D eigenvalue weighted by Gasteiger charge is 2.47. The summed E-state index contributed by atoms with van der Waals surface area (Å²) >= 11 is 1.50. The minimum absolute atomic E-state index is 0.131. The summed E-state index contributed by atoms with van der Waals surface area (Å²) in [5.74, 6) is 0.146. The minimum Gasteiger partial charge on any atom is -0.361 e. The number of thiophene rings is 1. The SMILES string of the molecule is CCc1ccc(C2CC(C(F)(F)F)n3ncc(C#N)c3N2)s1. The zero-order chi connectivity index (χ0) is 15.9. The van der Waals surface area contributed by atoms with E-state index < -0.39 is 18.3 Å². The monoisotopic (exact) mass is 326 g/mol. The van der Waals surface area contributed by atoms with E-state index in [9.17, 15) is 13.2 Å². The highest BCUT2D eigenvalue weighted by atomic mass is 32.1. The van der Waals surface area contributed by atoms with Gasteiger partial charge in [-0.3, -0.25) is 0 Å². The van der Waals surface area contributed by atoms with Crippen molar-refractivity contribution in [2.75, 3.05) is 5.32 Å². The number of rotatable bonds is 2. The van der Waals surface area contributed by atoms with Crippen LogP contribution in [-0.2, 0) is 6.42 Å². The van der Waals surface area contributed by atoms with Crippen molar-refractivity contribution >= 4 is 17.2 Å². The van der Waals surface area contributed by atoms with Crippen molar-refractivity contribution in [2.24, 2.45) is 0 Å². The van der Waals surface area contributed by atoms with E-state index in [4.69, 9.17) is 5.26 Å². The molecule has 2 aromatic heterocycles. The number of nitrogens with one attached hydrogen (secondary N) is 1. The molecule has 0 fully saturated rings. The number of halogens is 3. The summed E-state index contributed by atoms with van der Waals surface area (Å²) in [7, 11) is 0. The van der Waals surface area contributed by atoms with E-state index in [0.717, 1.165) is 20.9 Å². The van der Waals surface area contributed by atoms with E-state index in [0.29, 0.717) is 0 Å². The topological polar surface area (TPSA) is 53.6 Å². The molecule has 0 radical (unpaired) electrons. The highest BCUT2D eigenvalue weighted by Crippen LogP contribution is 2.45. The summed E-state index contributed by atoms with van der Waals surface area (Å²) in [6, 6.07) is 3.49. The normalized spacial score (nSPS) is 21.0. The fourth-order valence-corrected chi connectivity index (χ4v) is 3.62. The van der Waals surface area contributed by atoms with Crippen LogP contribution in [-0.4, -0.2) is 16.0 Å². The lowest BCUT2D eigenvalue weighted by Crippen LogP contribution is -2.35. The highest BCUT2D eigenvalue weighted by molar-refractivity contribution is 7.12. The third-order valence-electron chi connectivity index (χ3n) is 3.73. The molecule has 1 aliphatic heterocycles. The lowest BCUT2D eigenvalue weighted by atomic mass is 10.0. The number of hydrogen-bond donors (Lipinski definition) is 1. The average molecular weight is 326 g/mol. The average Bonchev–Trinajstić information content (AvgIpc) is 3.11. The van der Waals surface area contributed by atoms with Gasteiger partial charge >= 0.3 is 6.18 Å². The molecule has 4 nitrogen and oxygen atoms in total. The Morgan fingerprint density at radius 1 is 1.50 bits per heavy atom. The Hall–Kier alpha value is -2.01. The lowest BCUT2D eigenvalue weighted by Gasteiger charge is -2.33. The first-order valence-electron chi connectivity index (χ1n) is 6.83. The van der Waals surface area contributed by atoms with Gasteiger partial charge in [-0.1, -0.05) is 6.92 Å². The number of nitriles is 1. The maximum atomic E-state index is 13.3. The molecular weight excluding hydrogens is 313 g/mol. The van der Waals surface area contributed by atoms with Crippen LogP contribution in [0.15, 0.2) is 18.3 Å². The third-order valence-corrected chi connectivity index (χ3v) is 5.08. The second kappa shape index (κ2) is 5.32. The van der Waals surface area contributed by atoms with Gasteiger partial charge in [-0.15, -0.1) is 11.3 Å². The van der Waals surface area contributed by atoms with Gasteiger partial charge in [0.15, 0.2) is 6.04 Å². The Bertz CT molecular complexity index is 725. The molecule has 0 saturated carbocycles. The zero-order valence-electron chi connectivity index (χ0n) is 11.7. The Kier molecular flexibility index (Phi) is 3.60. The van der Waals surface area contributed by atoms with Crippen molar-refractivity contribution in [3.05, 3.63) is 33.6 Å². The molecule has 0 spiro atoms. The molecule has 0 aliphatic carbocycles. The molecule has 2 unspecified atom stereocenters. The van der Waals surface area contributed by atoms with Crippen molar-refractivity contribution < 1.29 is 13.2 Å². The van der Waals surface area contributed by atoms with E-state index in [1.807, 2.05) is 25.1 Å². The summed E-state index contributed by atoms with van der Waals surface area (Å²) in [5, 5.41) is 15.8. The number of anilines is 1. The second-order valence-electron chi connectivity index (χ2n) is 5.11. The van der Waals surface area contributed by atoms with Crippen molar-refractivity contribution in [3.8, 4) is 6.07 Å². The molecule has 2 aromatic rings. The van der Waals surface area contributed by atoms with Gasteiger partial charge < -0.3 is 5.32 Å². The smallest absolute Gasteiger partial charge is 0.361 e. The molecule has 0 saturated heterocycles. The number of aryl methyl sites for hydroxylation is 1. The van der Waals surface area contributed by atoms with Crippen LogP contribution < -0.4 is 5.32 Å². The van der Waals surface area contributed by atoms with Crippen LogP contribution in [0.2, 0.25) is 0 Å². The van der Waals surface area contributed by atoms with Crippen LogP contribution in [0.5, 0.6) is 0 Å². The summed E-state index contributed by atoms with van der Waals surface area (Å²) in [6.45, 7) is 2.01. The van der Waals surface area contributed by atoms with E-state index in [2.05, 4.69) is 10.4 Å². The summed E-state index contributed by atoms with van der Waals surface area (Å²) in [6.07, 6.45) is -2.51. The van der Waals surface area contributed by atoms with Crippen LogP contribution in [0.25, 0.3) is 0 Å². The Morgan fingerprint density at radius 3 is 2.86 bits per heavy atom. The quantitative estimate of drug-likeness (QED) is 0.906. The van der Waals surface area contributed by atoms with Gasteiger partial charge in [-0.2, -0.15) is 23.5 Å². The molecule has 116 valence electrons. The van der Waals surface area contributed by atoms with Crippen LogP contribution in [0, 0.1) is 11.3 Å². The molecule has 1 aliphatic rings. The third kappa shape index (κ3) is 2.46. The van der Waals surface area contributed by atoms with Gasteiger partial charge in [0, 0.05) is 16.2 Å². The first-order chi connectivity index (χ1) is 10.4. The number of nitrogens with zero attached hydrogens (tertiary/aromatic N) is 3. The molecule has 8 heteroatoms. The molecule has 3 rings (SSSR count). The van der Waals surface area contributed by atoms with Crippen LogP contribution in [0.1, 0.15) is 40.7 Å². The van der Waals surface area contributed by atoms with Crippen molar-refractivity contribution in [2.45, 2.75) is 38.0 Å². The summed E-state index contributed by atoms with van der Waals surface area (Å²) < 4.78 is 40.9. The lowest BCUT2D eigenvalue weighted by molar-refractivity contribution is -0.173. The first kappa shape index (κ1) is 14.9. The van der Waals surface area contributed by atoms with E-state index in [1.54, 1.807) is 0 Å². The van der Waals surface area contributed by atoms with E-state index in [1.165, 1.54) is 17.5 Å². The van der Waals surface area contributed by atoms with Crippen molar-refractivity contribution in [1.82, 2.24) is 9.78 Å². The Morgan fingerprint density at radius 2 is 2.27 bits per heavy atom. The van der Waals surface area contributed by atoms with Gasteiger partial charge in [0.25, 0.3) is 0 Å². The maximum Gasteiger partial charge on any atom is 0.410 e. The Balaban J connectivity index is 2.01. The van der Waals surface area contributed by atoms with Gasteiger partial charge in [0.1, 0.15) is 17.5 Å². The molecule has 22 heavy (non-hydrogen) atoms. The largest absolute Gasteiger partial charge is 0.410 e. The maximum absolute atomic E-state index is 13.3. The number of fused-ring (bicyclic) bond motifs is 1. The molecule has 3 heterocycles. The minimum atomic E-state index is -4.40. The molecule has 0 aromatic carbocycles. The molecular formula is C14H13F3N4S. The summed E-state index contributed by atoms with van der Waals surface area (Å²) in [5.41, 5.74) is 0.131. The zero-order valence-corrected chi connectivity index (χ0v) is 12.5. The van der Waals surface area contributed by atoms with Crippen LogP contribution in [0.4, 0.5) is 19.0 Å². The first-order valence-corrected chi connectivity index (χ1v) is 7.65. The van der Waals surface area contributed by atoms with Crippen LogP contribution in [0.3, 0.4) is 0 Å². The molecule has 0 amide bonds. The number of alkyl halides is 3. The van der Waals surface area contributed by atoms with E-state index in [-0.39, 0.29) is 17.8 Å². The fraction of sp³-hybridized carbons (Fsp3) is 0.429. The standard InChI is InChI=1S/C14H13F3N4S/c1-2-9-3-4-11(22-9)10-5-12(14(15,16)17)21-13(20-10)8(6-18)7-19-21/h3-4,7,10,12,20H,2,5H2,1H3. The van der Waals surface area contributed by atoms with Gasteiger partial charge in [-0.05, 0) is 18.6 Å². The van der Waals surface area contributed by atoms with Crippen molar-refractivity contribution in [1.29, 1.82) is 5.26 Å².